The van der Waals surface area contributed by atoms with Crippen LogP contribution >= 0.6 is 0 Å². The summed E-state index contributed by atoms with van der Waals surface area (Å²) in [5, 5.41) is 18.3. The highest BCUT2D eigenvalue weighted by atomic mass is 15.2. The molecule has 0 radical (unpaired) electrons. The molecule has 0 atom stereocenters. The van der Waals surface area contributed by atoms with Gasteiger partial charge in [0.1, 0.15) is 5.82 Å². The number of anilines is 2. The van der Waals surface area contributed by atoms with Gasteiger partial charge in [0, 0.05) is 30.3 Å². The number of H-pyrrole nitrogens is 1. The van der Waals surface area contributed by atoms with E-state index >= 15 is 0 Å². The number of nitrogen functional groups attached to an aromatic ring is 1. The van der Waals surface area contributed by atoms with Crippen molar-refractivity contribution in [2.45, 2.75) is 6.42 Å². The van der Waals surface area contributed by atoms with Crippen molar-refractivity contribution >= 4 is 23.3 Å². The molecule has 2 heterocycles. The Morgan fingerprint density at radius 3 is 2.95 bits per heavy atom. The van der Waals surface area contributed by atoms with Crippen molar-refractivity contribution in [3.63, 3.8) is 0 Å². The first-order chi connectivity index (χ1) is 9.28. The van der Waals surface area contributed by atoms with E-state index in [1.54, 1.807) is 6.07 Å². The average Bonchev–Trinajstić information content (AvgIpc) is 2.69. The van der Waals surface area contributed by atoms with E-state index in [-0.39, 0.29) is 0 Å². The highest BCUT2D eigenvalue weighted by molar-refractivity contribution is 5.90. The molecule has 0 bridgehead atoms. The third-order valence-electron chi connectivity index (χ3n) is 3.02. The van der Waals surface area contributed by atoms with Gasteiger partial charge in [-0.05, 0) is 18.2 Å². The summed E-state index contributed by atoms with van der Waals surface area (Å²) < 4.78 is 0. The normalized spacial score (nSPS) is 13.6. The Labute approximate surface area is 110 Å². The van der Waals surface area contributed by atoms with E-state index in [9.17, 15) is 0 Å². The quantitative estimate of drug-likeness (QED) is 0.754. The van der Waals surface area contributed by atoms with Gasteiger partial charge in [-0.15, -0.1) is 10.2 Å². The first kappa shape index (κ1) is 11.5. The lowest BCUT2D eigenvalue weighted by atomic mass is 10.1. The number of rotatable bonds is 2. The molecule has 0 unspecified atom stereocenters. The third kappa shape index (κ3) is 2.08. The molecule has 0 spiro atoms. The van der Waals surface area contributed by atoms with Crippen LogP contribution in [0.15, 0.2) is 24.3 Å². The Balaban J connectivity index is 2.08. The van der Waals surface area contributed by atoms with Gasteiger partial charge in [0.25, 0.3) is 0 Å². The Morgan fingerprint density at radius 1 is 1.32 bits per heavy atom. The van der Waals surface area contributed by atoms with Crippen LogP contribution in [-0.2, 0) is 6.42 Å². The fourth-order valence-electron chi connectivity index (χ4n) is 2.05. The van der Waals surface area contributed by atoms with E-state index in [0.717, 1.165) is 34.8 Å². The second kappa shape index (κ2) is 4.56. The first-order valence-corrected chi connectivity index (χ1v) is 6.00. The molecule has 0 aromatic carbocycles. The average molecular weight is 254 g/mol. The van der Waals surface area contributed by atoms with Crippen molar-refractivity contribution in [1.82, 2.24) is 20.4 Å². The minimum absolute atomic E-state index is 0.418. The lowest BCUT2D eigenvalue weighted by molar-refractivity contribution is 1.01. The Kier molecular flexibility index (Phi) is 2.75. The van der Waals surface area contributed by atoms with Crippen LogP contribution in [0.1, 0.15) is 17.0 Å². The molecule has 3 rings (SSSR count). The monoisotopic (exact) mass is 254 g/mol. The molecule has 6 heteroatoms. The smallest absolute Gasteiger partial charge is 0.155 e. The number of fused-ring (bicyclic) bond motifs is 1. The highest BCUT2D eigenvalue weighted by Crippen LogP contribution is 2.27. The SMILES string of the molecule is CNc1n[nH]c2c1C=C(c1ccc(N)nn1)C=CC2. The van der Waals surface area contributed by atoms with Crippen LogP contribution in [0.3, 0.4) is 0 Å². The van der Waals surface area contributed by atoms with E-state index < -0.39 is 0 Å². The summed E-state index contributed by atoms with van der Waals surface area (Å²) in [4.78, 5) is 0. The molecule has 19 heavy (non-hydrogen) atoms. The van der Waals surface area contributed by atoms with Crippen molar-refractivity contribution in [3.8, 4) is 0 Å². The van der Waals surface area contributed by atoms with Gasteiger partial charge in [0.2, 0.25) is 0 Å². The molecule has 2 aromatic rings. The minimum Gasteiger partial charge on any atom is -0.382 e. The molecule has 2 aromatic heterocycles. The van der Waals surface area contributed by atoms with Gasteiger partial charge in [0.15, 0.2) is 5.82 Å². The second-order valence-electron chi connectivity index (χ2n) is 4.26. The Bertz CT molecular complexity index is 650. The summed E-state index contributed by atoms with van der Waals surface area (Å²) in [6, 6.07) is 3.61. The summed E-state index contributed by atoms with van der Waals surface area (Å²) >= 11 is 0. The maximum atomic E-state index is 5.56. The molecular weight excluding hydrogens is 240 g/mol. The maximum absolute atomic E-state index is 5.56. The van der Waals surface area contributed by atoms with Crippen LogP contribution in [0.4, 0.5) is 11.6 Å². The highest BCUT2D eigenvalue weighted by Gasteiger charge is 2.13. The largest absolute Gasteiger partial charge is 0.382 e. The molecule has 0 aliphatic heterocycles. The van der Waals surface area contributed by atoms with Gasteiger partial charge in [-0.3, -0.25) is 5.10 Å². The minimum atomic E-state index is 0.418. The van der Waals surface area contributed by atoms with Crippen molar-refractivity contribution in [2.24, 2.45) is 0 Å². The zero-order valence-corrected chi connectivity index (χ0v) is 10.5. The Hall–Kier alpha value is -2.63. The summed E-state index contributed by atoms with van der Waals surface area (Å²) in [6.07, 6.45) is 6.97. The van der Waals surface area contributed by atoms with Gasteiger partial charge in [-0.1, -0.05) is 12.2 Å². The Morgan fingerprint density at radius 2 is 2.21 bits per heavy atom. The van der Waals surface area contributed by atoms with Crippen LogP contribution in [-0.4, -0.2) is 27.4 Å². The zero-order chi connectivity index (χ0) is 13.2. The van der Waals surface area contributed by atoms with Gasteiger partial charge < -0.3 is 11.1 Å². The molecule has 4 N–H and O–H groups in total. The third-order valence-corrected chi connectivity index (χ3v) is 3.02. The predicted octanol–water partition coefficient (Wildman–Crippen LogP) is 1.48. The van der Waals surface area contributed by atoms with E-state index in [1.165, 1.54) is 0 Å². The fraction of sp³-hybridized carbons (Fsp3) is 0.154. The van der Waals surface area contributed by atoms with Crippen molar-refractivity contribution < 1.29 is 0 Å². The van der Waals surface area contributed by atoms with Crippen molar-refractivity contribution in [2.75, 3.05) is 18.1 Å². The van der Waals surface area contributed by atoms with E-state index in [1.807, 2.05) is 25.3 Å². The molecule has 96 valence electrons. The fourth-order valence-corrected chi connectivity index (χ4v) is 2.05. The maximum Gasteiger partial charge on any atom is 0.155 e. The van der Waals surface area contributed by atoms with Crippen LogP contribution in [0.5, 0.6) is 0 Å². The van der Waals surface area contributed by atoms with Gasteiger partial charge in [-0.25, -0.2) is 0 Å². The van der Waals surface area contributed by atoms with E-state index in [0.29, 0.717) is 5.82 Å². The van der Waals surface area contributed by atoms with Crippen LogP contribution in [0.25, 0.3) is 11.6 Å². The lowest BCUT2D eigenvalue weighted by Gasteiger charge is -2.01. The molecule has 1 aliphatic rings. The van der Waals surface area contributed by atoms with Gasteiger partial charge in [-0.2, -0.15) is 5.10 Å². The molecule has 0 fully saturated rings. The molecule has 1 aliphatic carbocycles. The van der Waals surface area contributed by atoms with Crippen molar-refractivity contribution in [1.29, 1.82) is 0 Å². The van der Waals surface area contributed by atoms with Crippen LogP contribution in [0.2, 0.25) is 0 Å². The number of aromatic amines is 1. The first-order valence-electron chi connectivity index (χ1n) is 6.00. The number of hydrogen-bond donors (Lipinski definition) is 3. The lowest BCUT2D eigenvalue weighted by Crippen LogP contribution is -1.96. The van der Waals surface area contributed by atoms with Gasteiger partial charge in [0.05, 0.1) is 5.69 Å². The van der Waals surface area contributed by atoms with Crippen molar-refractivity contribution in [3.05, 3.63) is 41.2 Å². The molecule has 6 nitrogen and oxygen atoms in total. The number of nitrogens with zero attached hydrogens (tertiary/aromatic N) is 3. The summed E-state index contributed by atoms with van der Waals surface area (Å²) in [7, 11) is 1.85. The van der Waals surface area contributed by atoms with Crippen LogP contribution in [0, 0.1) is 0 Å². The number of allylic oxidation sites excluding steroid dienone is 3. The molecular formula is C13H14N6. The predicted molar refractivity (Wildman–Crippen MR) is 75.3 cm³/mol. The standard InChI is InChI=1S/C13H14N6/c1-15-13-9-7-8(3-2-4-11(9)17-19-13)10-5-6-12(14)18-16-10/h2-3,5-7H,4H2,1H3,(H2,14,18)(H2,15,17,19). The second-order valence-corrected chi connectivity index (χ2v) is 4.26. The van der Waals surface area contributed by atoms with E-state index in [4.69, 9.17) is 5.73 Å². The summed E-state index contributed by atoms with van der Waals surface area (Å²) in [5.74, 6) is 1.25. The van der Waals surface area contributed by atoms with Gasteiger partial charge >= 0.3 is 0 Å². The summed E-state index contributed by atoms with van der Waals surface area (Å²) in [5.41, 5.74) is 9.48. The number of nitrogens with one attached hydrogen (secondary N) is 2. The van der Waals surface area contributed by atoms with E-state index in [2.05, 4.69) is 31.8 Å². The number of aromatic nitrogens is 4. The summed E-state index contributed by atoms with van der Waals surface area (Å²) in [6.45, 7) is 0. The molecule has 0 amide bonds. The zero-order valence-electron chi connectivity index (χ0n) is 10.5. The number of nitrogens with two attached hydrogens (primary N) is 1. The topological polar surface area (TPSA) is 92.5 Å². The molecule has 0 saturated carbocycles. The number of hydrogen-bond acceptors (Lipinski definition) is 5. The molecule has 0 saturated heterocycles. The van der Waals surface area contributed by atoms with Crippen LogP contribution < -0.4 is 11.1 Å².